The van der Waals surface area contributed by atoms with E-state index in [9.17, 15) is 9.90 Å². The van der Waals surface area contributed by atoms with Crippen LogP contribution in [-0.4, -0.2) is 12.2 Å². The number of hydrogen-bond acceptors (Lipinski definition) is 4. The first-order valence-corrected chi connectivity index (χ1v) is 5.13. The first-order chi connectivity index (χ1) is 8.20. The minimum Gasteiger partial charge on any atom is -0.507 e. The van der Waals surface area contributed by atoms with Crippen molar-refractivity contribution in [2.75, 3.05) is 7.11 Å². The molecule has 88 valence electrons. The Labute approximate surface area is 98.1 Å². The van der Waals surface area contributed by atoms with Crippen molar-refractivity contribution in [3.63, 3.8) is 0 Å². The third kappa shape index (κ3) is 2.47. The van der Waals surface area contributed by atoms with Gasteiger partial charge in [0.2, 0.25) is 0 Å². The van der Waals surface area contributed by atoms with Gasteiger partial charge in [-0.3, -0.25) is 0 Å². The van der Waals surface area contributed by atoms with Crippen LogP contribution >= 0.6 is 0 Å². The predicted molar refractivity (Wildman–Crippen MR) is 62.4 cm³/mol. The molecule has 4 heteroatoms. The van der Waals surface area contributed by atoms with Crippen molar-refractivity contribution in [2.45, 2.75) is 6.42 Å². The standard InChI is InChI=1S/C13H12O4/c1-16-10-4-2-9(3-5-10)8-11-12(14)6-7-17-13(11)15/h2-7,14H,8H2,1H3. The molecule has 1 aromatic carbocycles. The van der Waals surface area contributed by atoms with Gasteiger partial charge in [-0.25, -0.2) is 4.79 Å². The van der Waals surface area contributed by atoms with Gasteiger partial charge in [0, 0.05) is 12.5 Å². The van der Waals surface area contributed by atoms with Gasteiger partial charge >= 0.3 is 5.63 Å². The average Bonchev–Trinajstić information content (AvgIpc) is 2.35. The lowest BCUT2D eigenvalue weighted by atomic mass is 10.1. The van der Waals surface area contributed by atoms with Crippen LogP contribution < -0.4 is 10.4 Å². The highest BCUT2D eigenvalue weighted by Gasteiger charge is 2.08. The summed E-state index contributed by atoms with van der Waals surface area (Å²) >= 11 is 0. The summed E-state index contributed by atoms with van der Waals surface area (Å²) in [5.74, 6) is 0.704. The van der Waals surface area contributed by atoms with Crippen molar-refractivity contribution in [2.24, 2.45) is 0 Å². The van der Waals surface area contributed by atoms with E-state index in [-0.39, 0.29) is 11.3 Å². The highest BCUT2D eigenvalue weighted by atomic mass is 16.5. The summed E-state index contributed by atoms with van der Waals surface area (Å²) in [6, 6.07) is 8.64. The molecular weight excluding hydrogens is 220 g/mol. The molecule has 1 N–H and O–H groups in total. The second-order valence-electron chi connectivity index (χ2n) is 3.60. The molecule has 2 aromatic rings. The van der Waals surface area contributed by atoms with Gasteiger partial charge in [0.15, 0.2) is 0 Å². The molecule has 0 amide bonds. The Morgan fingerprint density at radius 3 is 2.53 bits per heavy atom. The Kier molecular flexibility index (Phi) is 3.14. The van der Waals surface area contributed by atoms with E-state index >= 15 is 0 Å². The first kappa shape index (κ1) is 11.3. The number of ether oxygens (including phenoxy) is 1. The van der Waals surface area contributed by atoms with Crippen LogP contribution in [0.2, 0.25) is 0 Å². The number of benzene rings is 1. The number of aromatic hydroxyl groups is 1. The molecule has 2 rings (SSSR count). The van der Waals surface area contributed by atoms with Crippen molar-refractivity contribution in [3.8, 4) is 11.5 Å². The van der Waals surface area contributed by atoms with Crippen LogP contribution in [0.15, 0.2) is 45.8 Å². The predicted octanol–water partition coefficient (Wildman–Crippen LogP) is 1.94. The lowest BCUT2D eigenvalue weighted by molar-refractivity contribution is 0.414. The molecule has 0 fully saturated rings. The van der Waals surface area contributed by atoms with Crippen LogP contribution in [0.1, 0.15) is 11.1 Å². The van der Waals surface area contributed by atoms with Gasteiger partial charge in [0.05, 0.1) is 18.9 Å². The van der Waals surface area contributed by atoms with Crippen molar-refractivity contribution in [1.29, 1.82) is 0 Å². The van der Waals surface area contributed by atoms with E-state index in [1.807, 2.05) is 12.1 Å². The molecule has 4 nitrogen and oxygen atoms in total. The maximum absolute atomic E-state index is 11.4. The van der Waals surface area contributed by atoms with Crippen molar-refractivity contribution < 1.29 is 14.3 Å². The summed E-state index contributed by atoms with van der Waals surface area (Å²) in [5, 5.41) is 9.57. The smallest absolute Gasteiger partial charge is 0.342 e. The molecule has 17 heavy (non-hydrogen) atoms. The van der Waals surface area contributed by atoms with Crippen molar-refractivity contribution in [3.05, 3.63) is 58.1 Å². The van der Waals surface area contributed by atoms with Crippen LogP contribution in [-0.2, 0) is 6.42 Å². The molecule has 0 saturated heterocycles. The van der Waals surface area contributed by atoms with Crippen molar-refractivity contribution in [1.82, 2.24) is 0 Å². The zero-order valence-electron chi connectivity index (χ0n) is 9.34. The molecular formula is C13H12O4. The fourth-order valence-corrected chi connectivity index (χ4v) is 1.55. The monoisotopic (exact) mass is 232 g/mol. The molecule has 0 saturated carbocycles. The first-order valence-electron chi connectivity index (χ1n) is 5.13. The second-order valence-corrected chi connectivity index (χ2v) is 3.60. The molecule has 0 aliphatic rings. The lowest BCUT2D eigenvalue weighted by Gasteiger charge is -2.04. The SMILES string of the molecule is COc1ccc(Cc2c(O)ccoc2=O)cc1. The lowest BCUT2D eigenvalue weighted by Crippen LogP contribution is -2.07. The maximum atomic E-state index is 11.4. The minimum absolute atomic E-state index is 0.0444. The summed E-state index contributed by atoms with van der Waals surface area (Å²) in [5.41, 5.74) is 0.651. The topological polar surface area (TPSA) is 59.7 Å². The quantitative estimate of drug-likeness (QED) is 0.878. The molecule has 0 radical (unpaired) electrons. The zero-order valence-corrected chi connectivity index (χ0v) is 9.34. The maximum Gasteiger partial charge on any atom is 0.342 e. The van der Waals surface area contributed by atoms with Gasteiger partial charge in [-0.1, -0.05) is 12.1 Å². The zero-order chi connectivity index (χ0) is 12.3. The Hall–Kier alpha value is -2.23. The molecule has 1 heterocycles. The molecule has 0 bridgehead atoms. The fraction of sp³-hybridized carbons (Fsp3) is 0.154. The molecule has 0 aliphatic carbocycles. The van der Waals surface area contributed by atoms with Gasteiger partial charge in [0.1, 0.15) is 11.5 Å². The van der Waals surface area contributed by atoms with Crippen LogP contribution in [0, 0.1) is 0 Å². The van der Waals surface area contributed by atoms with Gasteiger partial charge in [0.25, 0.3) is 0 Å². The summed E-state index contributed by atoms with van der Waals surface area (Å²) in [7, 11) is 1.59. The normalized spacial score (nSPS) is 10.2. The molecule has 0 aliphatic heterocycles. The van der Waals surface area contributed by atoms with Gasteiger partial charge < -0.3 is 14.3 Å². The summed E-state index contributed by atoms with van der Waals surface area (Å²) in [6.45, 7) is 0. The molecule has 1 aromatic heterocycles. The minimum atomic E-state index is -0.513. The molecule has 0 spiro atoms. The van der Waals surface area contributed by atoms with Gasteiger partial charge in [-0.15, -0.1) is 0 Å². The van der Waals surface area contributed by atoms with E-state index in [4.69, 9.17) is 9.15 Å². The van der Waals surface area contributed by atoms with E-state index in [0.29, 0.717) is 6.42 Å². The van der Waals surface area contributed by atoms with Crippen LogP contribution in [0.5, 0.6) is 11.5 Å². The molecule has 0 unspecified atom stereocenters. The third-order valence-electron chi connectivity index (χ3n) is 2.50. The van der Waals surface area contributed by atoms with E-state index in [1.54, 1.807) is 19.2 Å². The molecule has 0 atom stereocenters. The second kappa shape index (κ2) is 4.74. The Bertz CT molecular complexity index is 554. The summed E-state index contributed by atoms with van der Waals surface area (Å²) < 4.78 is 9.75. The van der Waals surface area contributed by atoms with E-state index in [1.165, 1.54) is 12.3 Å². The van der Waals surface area contributed by atoms with E-state index in [0.717, 1.165) is 11.3 Å². The van der Waals surface area contributed by atoms with Crippen LogP contribution in [0.4, 0.5) is 0 Å². The number of hydrogen-bond donors (Lipinski definition) is 1. The van der Waals surface area contributed by atoms with Crippen LogP contribution in [0.3, 0.4) is 0 Å². The highest BCUT2D eigenvalue weighted by Crippen LogP contribution is 2.18. The Morgan fingerprint density at radius 1 is 1.24 bits per heavy atom. The van der Waals surface area contributed by atoms with Gasteiger partial charge in [-0.2, -0.15) is 0 Å². The third-order valence-corrected chi connectivity index (χ3v) is 2.50. The number of methoxy groups -OCH3 is 1. The fourth-order valence-electron chi connectivity index (χ4n) is 1.55. The van der Waals surface area contributed by atoms with Crippen molar-refractivity contribution >= 4 is 0 Å². The van der Waals surface area contributed by atoms with Crippen LogP contribution in [0.25, 0.3) is 0 Å². The van der Waals surface area contributed by atoms with E-state index in [2.05, 4.69) is 0 Å². The number of rotatable bonds is 3. The van der Waals surface area contributed by atoms with Gasteiger partial charge in [-0.05, 0) is 17.7 Å². The average molecular weight is 232 g/mol. The Balaban J connectivity index is 2.28. The summed E-state index contributed by atoms with van der Waals surface area (Å²) in [6.07, 6.45) is 1.51. The summed E-state index contributed by atoms with van der Waals surface area (Å²) in [4.78, 5) is 11.4. The van der Waals surface area contributed by atoms with E-state index < -0.39 is 5.63 Å². The Morgan fingerprint density at radius 2 is 1.94 bits per heavy atom. The highest BCUT2D eigenvalue weighted by molar-refractivity contribution is 5.35. The largest absolute Gasteiger partial charge is 0.507 e.